The van der Waals surface area contributed by atoms with E-state index in [-0.39, 0.29) is 11.6 Å². The van der Waals surface area contributed by atoms with Crippen molar-refractivity contribution in [1.82, 2.24) is 14.5 Å². The first-order valence-electron chi connectivity index (χ1n) is 11.3. The summed E-state index contributed by atoms with van der Waals surface area (Å²) in [5.41, 5.74) is 2.10. The van der Waals surface area contributed by atoms with E-state index in [2.05, 4.69) is 5.32 Å². The van der Waals surface area contributed by atoms with E-state index in [1.807, 2.05) is 62.4 Å². The van der Waals surface area contributed by atoms with Gasteiger partial charge in [0.15, 0.2) is 0 Å². The quantitative estimate of drug-likeness (QED) is 0.344. The zero-order valence-electron chi connectivity index (χ0n) is 19.2. The molecule has 0 aliphatic carbocycles. The lowest BCUT2D eigenvalue weighted by atomic mass is 10.1. The average Bonchev–Trinajstić information content (AvgIpc) is 2.84. The number of para-hydroxylation sites is 1. The maximum absolute atomic E-state index is 13.5. The van der Waals surface area contributed by atoms with Gasteiger partial charge in [0, 0.05) is 23.8 Å². The molecule has 6 nitrogen and oxygen atoms in total. The SMILES string of the molecule is CCCn1c(C(C)N(Cc2ccccc2)C(=O)Nc2cccc(Cl)c2)nc2ccccc2c1=O. The number of anilines is 1. The zero-order valence-corrected chi connectivity index (χ0v) is 20.0. The molecule has 2 amide bonds. The molecule has 1 atom stereocenters. The molecular weight excluding hydrogens is 448 g/mol. The minimum absolute atomic E-state index is 0.0933. The number of halogens is 1. The van der Waals surface area contributed by atoms with Gasteiger partial charge >= 0.3 is 6.03 Å². The molecule has 1 N–H and O–H groups in total. The second-order valence-electron chi connectivity index (χ2n) is 8.17. The Morgan fingerprint density at radius 2 is 1.79 bits per heavy atom. The highest BCUT2D eigenvalue weighted by Crippen LogP contribution is 2.24. The number of aromatic nitrogens is 2. The van der Waals surface area contributed by atoms with E-state index in [9.17, 15) is 9.59 Å². The molecule has 1 unspecified atom stereocenters. The first-order chi connectivity index (χ1) is 16.5. The number of carbonyl (C=O) groups is 1. The summed E-state index contributed by atoms with van der Waals surface area (Å²) in [5.74, 6) is 0.558. The fourth-order valence-electron chi connectivity index (χ4n) is 4.01. The Balaban J connectivity index is 1.77. The van der Waals surface area contributed by atoms with E-state index in [0.29, 0.717) is 40.5 Å². The van der Waals surface area contributed by atoms with Gasteiger partial charge < -0.3 is 10.2 Å². The molecule has 0 saturated heterocycles. The van der Waals surface area contributed by atoms with Crippen LogP contribution in [0.4, 0.5) is 10.5 Å². The maximum Gasteiger partial charge on any atom is 0.322 e. The van der Waals surface area contributed by atoms with Gasteiger partial charge in [-0.1, -0.05) is 67.1 Å². The van der Waals surface area contributed by atoms with Gasteiger partial charge in [0.05, 0.1) is 16.9 Å². The number of nitrogens with one attached hydrogen (secondary N) is 1. The molecule has 34 heavy (non-hydrogen) atoms. The number of carbonyl (C=O) groups excluding carboxylic acids is 1. The fourth-order valence-corrected chi connectivity index (χ4v) is 4.20. The number of hydrogen-bond donors (Lipinski definition) is 1. The van der Waals surface area contributed by atoms with E-state index >= 15 is 0 Å². The highest BCUT2D eigenvalue weighted by atomic mass is 35.5. The van der Waals surface area contributed by atoms with Gasteiger partial charge in [-0.25, -0.2) is 9.78 Å². The van der Waals surface area contributed by atoms with Crippen LogP contribution in [-0.2, 0) is 13.1 Å². The van der Waals surface area contributed by atoms with Gasteiger partial charge in [-0.2, -0.15) is 0 Å². The number of hydrogen-bond acceptors (Lipinski definition) is 3. The Kier molecular flexibility index (Phi) is 7.28. The Morgan fingerprint density at radius 1 is 1.06 bits per heavy atom. The number of nitrogens with zero attached hydrogens (tertiary/aromatic N) is 3. The number of urea groups is 1. The Bertz CT molecular complexity index is 1350. The van der Waals surface area contributed by atoms with Crippen LogP contribution in [0.25, 0.3) is 10.9 Å². The standard InChI is InChI=1S/C27H27ClN4O2/c1-3-16-31-25(30-24-15-8-7-14-23(24)26(31)33)19(2)32(18-20-10-5-4-6-11-20)27(34)29-22-13-9-12-21(28)17-22/h4-15,17,19H,3,16,18H2,1-2H3,(H,29,34). The molecule has 7 heteroatoms. The molecule has 4 aromatic rings. The largest absolute Gasteiger partial charge is 0.322 e. The third kappa shape index (κ3) is 5.13. The predicted octanol–water partition coefficient (Wildman–Crippen LogP) is 6.26. The van der Waals surface area contributed by atoms with E-state index in [0.717, 1.165) is 12.0 Å². The summed E-state index contributed by atoms with van der Waals surface area (Å²) < 4.78 is 1.69. The summed E-state index contributed by atoms with van der Waals surface area (Å²) >= 11 is 6.11. The number of fused-ring (bicyclic) bond motifs is 1. The molecule has 0 aliphatic heterocycles. The van der Waals surface area contributed by atoms with Gasteiger partial charge in [-0.05, 0) is 49.2 Å². The Morgan fingerprint density at radius 3 is 2.53 bits per heavy atom. The molecule has 1 aromatic heterocycles. The predicted molar refractivity (Wildman–Crippen MR) is 137 cm³/mol. The van der Waals surface area contributed by atoms with Crippen LogP contribution in [0.5, 0.6) is 0 Å². The van der Waals surface area contributed by atoms with Crippen LogP contribution in [0.3, 0.4) is 0 Å². The van der Waals surface area contributed by atoms with Crippen molar-refractivity contribution in [3.8, 4) is 0 Å². The Labute approximate surface area is 203 Å². The second-order valence-corrected chi connectivity index (χ2v) is 8.61. The lowest BCUT2D eigenvalue weighted by molar-refractivity contribution is 0.184. The highest BCUT2D eigenvalue weighted by molar-refractivity contribution is 6.30. The smallest absolute Gasteiger partial charge is 0.310 e. The minimum Gasteiger partial charge on any atom is -0.310 e. The number of rotatable bonds is 7. The summed E-state index contributed by atoms with van der Waals surface area (Å²) in [6, 6.07) is 23.3. The molecule has 0 saturated carbocycles. The van der Waals surface area contributed by atoms with Gasteiger partial charge in [0.25, 0.3) is 5.56 Å². The van der Waals surface area contributed by atoms with E-state index in [1.165, 1.54) is 0 Å². The lowest BCUT2D eigenvalue weighted by Gasteiger charge is -2.31. The van der Waals surface area contributed by atoms with Crippen LogP contribution >= 0.6 is 11.6 Å². The van der Waals surface area contributed by atoms with Crippen LogP contribution in [-0.4, -0.2) is 20.5 Å². The molecule has 4 rings (SSSR count). The third-order valence-electron chi connectivity index (χ3n) is 5.71. The molecule has 3 aromatic carbocycles. The van der Waals surface area contributed by atoms with Crippen LogP contribution in [0, 0.1) is 0 Å². The van der Waals surface area contributed by atoms with Crippen molar-refractivity contribution in [2.45, 2.75) is 39.4 Å². The molecule has 0 fully saturated rings. The summed E-state index contributed by atoms with van der Waals surface area (Å²) in [4.78, 5) is 33.4. The second kappa shape index (κ2) is 10.5. The van der Waals surface area contributed by atoms with Crippen molar-refractivity contribution >= 4 is 34.2 Å². The van der Waals surface area contributed by atoms with E-state index in [1.54, 1.807) is 39.8 Å². The first kappa shape index (κ1) is 23.5. The summed E-state index contributed by atoms with van der Waals surface area (Å²) in [6.45, 7) is 4.79. The van der Waals surface area contributed by atoms with Gasteiger partial charge in [0.2, 0.25) is 0 Å². The van der Waals surface area contributed by atoms with Crippen molar-refractivity contribution in [1.29, 1.82) is 0 Å². The molecular formula is C27H27ClN4O2. The van der Waals surface area contributed by atoms with Crippen LogP contribution in [0.1, 0.15) is 37.7 Å². The summed E-state index contributed by atoms with van der Waals surface area (Å²) in [6.07, 6.45) is 0.771. The van der Waals surface area contributed by atoms with Gasteiger partial charge in [-0.3, -0.25) is 9.36 Å². The minimum atomic E-state index is -0.469. The molecule has 0 bridgehead atoms. The average molecular weight is 475 g/mol. The molecule has 0 radical (unpaired) electrons. The molecule has 174 valence electrons. The van der Waals surface area contributed by atoms with Crippen molar-refractivity contribution in [3.05, 3.63) is 106 Å². The highest BCUT2D eigenvalue weighted by Gasteiger charge is 2.26. The zero-order chi connectivity index (χ0) is 24.1. The fraction of sp³-hybridized carbons (Fsp3) is 0.222. The van der Waals surface area contributed by atoms with Crippen molar-refractivity contribution < 1.29 is 4.79 Å². The topological polar surface area (TPSA) is 67.2 Å². The maximum atomic E-state index is 13.5. The summed E-state index contributed by atoms with van der Waals surface area (Å²) in [5, 5.41) is 4.05. The molecule has 1 heterocycles. The van der Waals surface area contributed by atoms with E-state index < -0.39 is 6.04 Å². The molecule has 0 aliphatic rings. The van der Waals surface area contributed by atoms with Gasteiger partial charge in [-0.15, -0.1) is 0 Å². The number of benzene rings is 3. The summed E-state index contributed by atoms with van der Waals surface area (Å²) in [7, 11) is 0. The van der Waals surface area contributed by atoms with Gasteiger partial charge in [0.1, 0.15) is 5.82 Å². The van der Waals surface area contributed by atoms with Crippen molar-refractivity contribution in [2.24, 2.45) is 0 Å². The normalized spacial score (nSPS) is 11.9. The van der Waals surface area contributed by atoms with E-state index in [4.69, 9.17) is 16.6 Å². The molecule has 0 spiro atoms. The monoisotopic (exact) mass is 474 g/mol. The first-order valence-corrected chi connectivity index (χ1v) is 11.7. The number of amides is 2. The Hall–Kier alpha value is -3.64. The van der Waals surface area contributed by atoms with Crippen molar-refractivity contribution in [3.63, 3.8) is 0 Å². The van der Waals surface area contributed by atoms with Crippen LogP contribution < -0.4 is 10.9 Å². The van der Waals surface area contributed by atoms with Crippen molar-refractivity contribution in [2.75, 3.05) is 5.32 Å². The van der Waals surface area contributed by atoms with Crippen LogP contribution in [0.2, 0.25) is 5.02 Å². The lowest BCUT2D eigenvalue weighted by Crippen LogP contribution is -2.39. The van der Waals surface area contributed by atoms with Crippen LogP contribution in [0.15, 0.2) is 83.7 Å². The third-order valence-corrected chi connectivity index (χ3v) is 5.95.